The van der Waals surface area contributed by atoms with E-state index in [4.69, 9.17) is 0 Å². The van der Waals surface area contributed by atoms with Crippen LogP contribution in [0.5, 0.6) is 5.75 Å². The third-order valence-corrected chi connectivity index (χ3v) is 5.95. The first-order chi connectivity index (χ1) is 15.5. The smallest absolute Gasteiger partial charge is 0.196 e. The van der Waals surface area contributed by atoms with Gasteiger partial charge < -0.3 is 10.4 Å². The second kappa shape index (κ2) is 12.4. The molecule has 0 spiro atoms. The standard InChI is InChI=1S/C25H32N4O2S/c1-19(2)17-26-15-8-4-7-14-24-27-28-25(29(24)21-12-9-13-22(30)16-21)32-18-23(31)20-10-5-3-6-11-20/h3,5-6,9-13,16,19,26,30H,4,7-8,14-15,17-18H2,1-2H3. The van der Waals surface area contributed by atoms with Gasteiger partial charge in [0, 0.05) is 18.1 Å². The van der Waals surface area contributed by atoms with Crippen molar-refractivity contribution in [1.29, 1.82) is 0 Å². The van der Waals surface area contributed by atoms with Crippen LogP contribution in [0.25, 0.3) is 5.69 Å². The highest BCUT2D eigenvalue weighted by atomic mass is 32.2. The minimum atomic E-state index is 0.0523. The molecule has 170 valence electrons. The van der Waals surface area contributed by atoms with E-state index in [2.05, 4.69) is 29.4 Å². The molecule has 0 atom stereocenters. The predicted molar refractivity (Wildman–Crippen MR) is 130 cm³/mol. The van der Waals surface area contributed by atoms with Gasteiger partial charge in [-0.2, -0.15) is 0 Å². The van der Waals surface area contributed by atoms with Crippen molar-refractivity contribution in [3.05, 3.63) is 66.0 Å². The number of nitrogens with zero attached hydrogens (tertiary/aromatic N) is 3. The topological polar surface area (TPSA) is 80.0 Å². The van der Waals surface area contributed by atoms with Crippen LogP contribution in [0.3, 0.4) is 0 Å². The zero-order chi connectivity index (χ0) is 22.8. The molecule has 2 aromatic carbocycles. The maximum Gasteiger partial charge on any atom is 0.196 e. The van der Waals surface area contributed by atoms with Crippen molar-refractivity contribution in [3.63, 3.8) is 0 Å². The average molecular weight is 453 g/mol. The van der Waals surface area contributed by atoms with Gasteiger partial charge in [-0.3, -0.25) is 9.36 Å². The summed E-state index contributed by atoms with van der Waals surface area (Å²) in [5.41, 5.74) is 1.49. The number of carbonyl (C=O) groups is 1. The summed E-state index contributed by atoms with van der Waals surface area (Å²) in [4.78, 5) is 12.5. The van der Waals surface area contributed by atoms with Crippen molar-refractivity contribution < 1.29 is 9.90 Å². The number of thioether (sulfide) groups is 1. The fraction of sp³-hybridized carbons (Fsp3) is 0.400. The van der Waals surface area contributed by atoms with E-state index in [9.17, 15) is 9.90 Å². The van der Waals surface area contributed by atoms with Crippen molar-refractivity contribution in [3.8, 4) is 11.4 Å². The average Bonchev–Trinajstić information content (AvgIpc) is 3.20. The molecule has 1 aromatic heterocycles. The second-order valence-electron chi connectivity index (χ2n) is 8.24. The molecule has 0 radical (unpaired) electrons. The summed E-state index contributed by atoms with van der Waals surface area (Å²) in [6.45, 7) is 6.50. The minimum absolute atomic E-state index is 0.0523. The Morgan fingerprint density at radius 2 is 1.88 bits per heavy atom. The summed E-state index contributed by atoms with van der Waals surface area (Å²) in [6, 6.07) is 16.3. The zero-order valence-electron chi connectivity index (χ0n) is 18.8. The summed E-state index contributed by atoms with van der Waals surface area (Å²) in [5.74, 6) is 2.04. The number of phenols is 1. The monoisotopic (exact) mass is 452 g/mol. The molecule has 0 amide bonds. The van der Waals surface area contributed by atoms with Gasteiger partial charge in [-0.15, -0.1) is 10.2 Å². The van der Waals surface area contributed by atoms with Crippen LogP contribution in [0.2, 0.25) is 0 Å². The van der Waals surface area contributed by atoms with E-state index >= 15 is 0 Å². The molecule has 0 saturated heterocycles. The Morgan fingerprint density at radius 1 is 1.06 bits per heavy atom. The van der Waals surface area contributed by atoms with Crippen LogP contribution in [0.1, 0.15) is 49.3 Å². The Labute approximate surface area is 194 Å². The first-order valence-electron chi connectivity index (χ1n) is 11.2. The zero-order valence-corrected chi connectivity index (χ0v) is 19.6. The van der Waals surface area contributed by atoms with Gasteiger partial charge in [0.15, 0.2) is 10.9 Å². The molecule has 0 bridgehead atoms. The van der Waals surface area contributed by atoms with Gasteiger partial charge in [0.2, 0.25) is 0 Å². The van der Waals surface area contributed by atoms with Crippen LogP contribution >= 0.6 is 11.8 Å². The third kappa shape index (κ3) is 7.21. The van der Waals surface area contributed by atoms with Crippen LogP contribution in [-0.2, 0) is 6.42 Å². The molecule has 0 saturated carbocycles. The van der Waals surface area contributed by atoms with Gasteiger partial charge in [-0.1, -0.05) is 68.4 Å². The number of aryl methyl sites for hydroxylation is 1. The predicted octanol–water partition coefficient (Wildman–Crippen LogP) is 4.91. The minimum Gasteiger partial charge on any atom is -0.508 e. The Hall–Kier alpha value is -2.64. The number of unbranched alkanes of at least 4 members (excludes halogenated alkanes) is 2. The van der Waals surface area contributed by atoms with Gasteiger partial charge in [0.1, 0.15) is 11.6 Å². The van der Waals surface area contributed by atoms with Crippen LogP contribution in [0, 0.1) is 5.92 Å². The molecule has 0 unspecified atom stereocenters. The lowest BCUT2D eigenvalue weighted by Crippen LogP contribution is -2.20. The van der Waals surface area contributed by atoms with Crippen LogP contribution in [0.15, 0.2) is 59.8 Å². The molecule has 0 aliphatic carbocycles. The maximum atomic E-state index is 12.5. The quantitative estimate of drug-likeness (QED) is 0.218. The normalized spacial score (nSPS) is 11.2. The molecule has 3 rings (SSSR count). The van der Waals surface area contributed by atoms with Gasteiger partial charge in [0.05, 0.1) is 11.4 Å². The summed E-state index contributed by atoms with van der Waals surface area (Å²) in [7, 11) is 0. The van der Waals surface area contributed by atoms with Crippen LogP contribution in [0.4, 0.5) is 0 Å². The number of aromatic nitrogens is 3. The number of ketones is 1. The van der Waals surface area contributed by atoms with Gasteiger partial charge in [-0.25, -0.2) is 0 Å². The first kappa shape index (κ1) is 24.0. The number of hydrogen-bond acceptors (Lipinski definition) is 6. The summed E-state index contributed by atoms with van der Waals surface area (Å²) >= 11 is 1.37. The number of aromatic hydroxyl groups is 1. The second-order valence-corrected chi connectivity index (χ2v) is 9.18. The number of rotatable bonds is 13. The molecule has 0 aliphatic rings. The number of benzene rings is 2. The fourth-order valence-corrected chi connectivity index (χ4v) is 4.25. The van der Waals surface area contributed by atoms with Crippen molar-refractivity contribution in [2.24, 2.45) is 5.92 Å². The lowest BCUT2D eigenvalue weighted by atomic mass is 10.1. The van der Waals surface area contributed by atoms with E-state index in [1.807, 2.05) is 41.0 Å². The molecule has 32 heavy (non-hydrogen) atoms. The molecular weight excluding hydrogens is 420 g/mol. The number of Topliss-reactive ketones (excluding diaryl/α,β-unsaturated/α-hetero) is 1. The molecule has 3 aromatic rings. The van der Waals surface area contributed by atoms with E-state index in [0.717, 1.165) is 50.3 Å². The number of hydrogen-bond donors (Lipinski definition) is 2. The van der Waals surface area contributed by atoms with E-state index < -0.39 is 0 Å². The molecule has 2 N–H and O–H groups in total. The summed E-state index contributed by atoms with van der Waals surface area (Å²) < 4.78 is 1.96. The molecular formula is C25H32N4O2S. The largest absolute Gasteiger partial charge is 0.508 e. The van der Waals surface area contributed by atoms with E-state index in [1.165, 1.54) is 11.8 Å². The Balaban J connectivity index is 1.65. The summed E-state index contributed by atoms with van der Waals surface area (Å²) in [5, 5.41) is 22.9. The number of carbonyl (C=O) groups excluding carboxylic acids is 1. The summed E-state index contributed by atoms with van der Waals surface area (Å²) in [6.07, 6.45) is 4.03. The van der Waals surface area contributed by atoms with E-state index in [0.29, 0.717) is 16.6 Å². The Morgan fingerprint density at radius 3 is 2.62 bits per heavy atom. The lowest BCUT2D eigenvalue weighted by molar-refractivity contribution is 0.102. The van der Waals surface area contributed by atoms with E-state index in [1.54, 1.807) is 18.2 Å². The highest BCUT2D eigenvalue weighted by Gasteiger charge is 2.16. The first-order valence-corrected chi connectivity index (χ1v) is 12.2. The molecule has 0 aliphatic heterocycles. The Kier molecular flexibility index (Phi) is 9.31. The van der Waals surface area contributed by atoms with Gasteiger partial charge in [0.25, 0.3) is 0 Å². The van der Waals surface area contributed by atoms with E-state index in [-0.39, 0.29) is 17.3 Å². The van der Waals surface area contributed by atoms with Gasteiger partial charge >= 0.3 is 0 Å². The highest BCUT2D eigenvalue weighted by molar-refractivity contribution is 7.99. The fourth-order valence-electron chi connectivity index (χ4n) is 3.39. The van der Waals surface area contributed by atoms with Crippen molar-refractivity contribution in [1.82, 2.24) is 20.1 Å². The van der Waals surface area contributed by atoms with Crippen molar-refractivity contribution in [2.75, 3.05) is 18.8 Å². The third-order valence-electron chi connectivity index (χ3n) is 5.02. The van der Waals surface area contributed by atoms with Crippen molar-refractivity contribution in [2.45, 2.75) is 44.7 Å². The number of nitrogens with one attached hydrogen (secondary N) is 1. The SMILES string of the molecule is CC(C)CNCCCCCc1nnc(SCC(=O)c2ccccc2)n1-c1cccc(O)c1. The van der Waals surface area contributed by atoms with Crippen LogP contribution in [-0.4, -0.2) is 44.5 Å². The highest BCUT2D eigenvalue weighted by Crippen LogP contribution is 2.25. The Bertz CT molecular complexity index is 989. The lowest BCUT2D eigenvalue weighted by Gasteiger charge is -2.11. The molecule has 7 heteroatoms. The maximum absolute atomic E-state index is 12.5. The molecule has 6 nitrogen and oxygen atoms in total. The molecule has 1 heterocycles. The van der Waals surface area contributed by atoms with Crippen molar-refractivity contribution >= 4 is 17.5 Å². The van der Waals surface area contributed by atoms with Gasteiger partial charge in [-0.05, 0) is 44.0 Å². The molecule has 0 fully saturated rings. The number of phenolic OH excluding ortho intramolecular Hbond substituents is 1. The van der Waals surface area contributed by atoms with Crippen LogP contribution < -0.4 is 5.32 Å².